The molecule has 1 amide bonds. The lowest BCUT2D eigenvalue weighted by Gasteiger charge is -2.22. The minimum Gasteiger partial charge on any atom is -0.495 e. The monoisotopic (exact) mass is 497 g/mol. The van der Waals surface area contributed by atoms with Gasteiger partial charge in [0.15, 0.2) is 17.5 Å². The molecule has 1 unspecified atom stereocenters. The number of carbonyl (C=O) groups excluding carboxylic acids is 2. The van der Waals surface area contributed by atoms with Gasteiger partial charge in [0.05, 0.1) is 45.8 Å². The summed E-state index contributed by atoms with van der Waals surface area (Å²) in [5.74, 6) is -0.100. The fourth-order valence-corrected chi connectivity index (χ4v) is 3.18. The van der Waals surface area contributed by atoms with Crippen molar-refractivity contribution in [3.05, 3.63) is 41.5 Å². The molecule has 0 aliphatic heterocycles. The van der Waals surface area contributed by atoms with E-state index in [4.69, 9.17) is 29.4 Å². The summed E-state index contributed by atoms with van der Waals surface area (Å²) in [6.07, 6.45) is 1.61. The molecule has 10 heteroatoms. The SMILES string of the molecule is COc1ccc(C=C(C#N)c2cc(OC)c(OC)c(OC)c2)cc1NC(=O)C(N)C(=O)OC(C)(C)C. The summed E-state index contributed by atoms with van der Waals surface area (Å²) < 4.78 is 26.6. The van der Waals surface area contributed by atoms with Crippen LogP contribution in [0.3, 0.4) is 0 Å². The molecule has 0 aliphatic carbocycles. The van der Waals surface area contributed by atoms with Crippen LogP contribution in [0.1, 0.15) is 31.9 Å². The summed E-state index contributed by atoms with van der Waals surface area (Å²) >= 11 is 0. The van der Waals surface area contributed by atoms with E-state index in [1.54, 1.807) is 57.2 Å². The van der Waals surface area contributed by atoms with Crippen LogP contribution in [0, 0.1) is 11.3 Å². The zero-order chi connectivity index (χ0) is 27.0. The van der Waals surface area contributed by atoms with E-state index in [1.807, 2.05) is 0 Å². The topological polar surface area (TPSA) is 142 Å². The number of amides is 1. The number of benzene rings is 2. The highest BCUT2D eigenvalue weighted by molar-refractivity contribution is 6.09. The Bertz CT molecular complexity index is 1170. The average molecular weight is 498 g/mol. The Morgan fingerprint density at radius 1 is 0.972 bits per heavy atom. The zero-order valence-corrected chi connectivity index (χ0v) is 21.4. The van der Waals surface area contributed by atoms with Gasteiger partial charge in [-0.05, 0) is 62.2 Å². The van der Waals surface area contributed by atoms with Crippen molar-refractivity contribution in [1.29, 1.82) is 5.26 Å². The van der Waals surface area contributed by atoms with E-state index in [0.717, 1.165) is 0 Å². The van der Waals surface area contributed by atoms with Crippen molar-refractivity contribution >= 4 is 29.2 Å². The lowest BCUT2D eigenvalue weighted by Crippen LogP contribution is -2.45. The van der Waals surface area contributed by atoms with Gasteiger partial charge >= 0.3 is 5.97 Å². The number of methoxy groups -OCH3 is 4. The molecule has 2 aromatic carbocycles. The number of nitriles is 1. The van der Waals surface area contributed by atoms with Gasteiger partial charge in [-0.15, -0.1) is 0 Å². The molecule has 0 aromatic heterocycles. The quantitative estimate of drug-likeness (QED) is 0.231. The van der Waals surface area contributed by atoms with Gasteiger partial charge in [-0.25, -0.2) is 4.79 Å². The summed E-state index contributed by atoms with van der Waals surface area (Å²) in [5.41, 5.74) is 6.65. The first-order valence-corrected chi connectivity index (χ1v) is 10.9. The minimum absolute atomic E-state index is 0.262. The predicted molar refractivity (Wildman–Crippen MR) is 135 cm³/mol. The van der Waals surface area contributed by atoms with Crippen molar-refractivity contribution in [3.63, 3.8) is 0 Å². The molecule has 3 N–H and O–H groups in total. The van der Waals surface area contributed by atoms with Crippen molar-refractivity contribution in [2.45, 2.75) is 32.4 Å². The number of anilines is 1. The second kappa shape index (κ2) is 12.0. The maximum absolute atomic E-state index is 12.6. The number of esters is 1. The number of hydrogen-bond acceptors (Lipinski definition) is 9. The largest absolute Gasteiger partial charge is 0.495 e. The van der Waals surface area contributed by atoms with Crippen LogP contribution in [-0.4, -0.2) is 52.0 Å². The molecule has 0 fully saturated rings. The summed E-state index contributed by atoms with van der Waals surface area (Å²) in [6.45, 7) is 5.03. The molecular weight excluding hydrogens is 466 g/mol. The Morgan fingerprint density at radius 2 is 1.56 bits per heavy atom. The molecule has 2 rings (SSSR count). The Hall–Kier alpha value is -4.23. The molecule has 0 saturated heterocycles. The number of carbonyl (C=O) groups is 2. The van der Waals surface area contributed by atoms with E-state index >= 15 is 0 Å². The van der Waals surface area contributed by atoms with Crippen LogP contribution in [0.5, 0.6) is 23.0 Å². The molecule has 0 radical (unpaired) electrons. The van der Waals surface area contributed by atoms with Crippen molar-refractivity contribution in [2.75, 3.05) is 33.8 Å². The zero-order valence-electron chi connectivity index (χ0n) is 21.4. The summed E-state index contributed by atoms with van der Waals surface area (Å²) in [7, 11) is 5.89. The first kappa shape index (κ1) is 28.0. The van der Waals surface area contributed by atoms with Crippen LogP contribution in [0.2, 0.25) is 0 Å². The minimum atomic E-state index is -1.54. The lowest BCUT2D eigenvalue weighted by molar-refractivity contribution is -0.157. The van der Waals surface area contributed by atoms with Gasteiger partial charge in [-0.3, -0.25) is 4.79 Å². The van der Waals surface area contributed by atoms with E-state index in [0.29, 0.717) is 39.7 Å². The molecule has 0 bridgehead atoms. The van der Waals surface area contributed by atoms with Gasteiger partial charge in [-0.2, -0.15) is 5.26 Å². The standard InChI is InChI=1S/C26H31N3O7/c1-26(2,3)36-25(31)22(28)24(30)29-18-11-15(8-9-19(18)32-4)10-17(14-27)16-12-20(33-5)23(35-7)21(13-16)34-6/h8-13,22H,28H2,1-7H3,(H,29,30). The van der Waals surface area contributed by atoms with Gasteiger partial charge in [-0.1, -0.05) is 6.07 Å². The second-order valence-corrected chi connectivity index (χ2v) is 8.54. The molecule has 0 heterocycles. The number of hydrogen-bond donors (Lipinski definition) is 2. The highest BCUT2D eigenvalue weighted by Gasteiger charge is 2.28. The summed E-state index contributed by atoms with van der Waals surface area (Å²) in [5, 5.41) is 12.4. The van der Waals surface area contributed by atoms with Crippen LogP contribution in [0.15, 0.2) is 30.3 Å². The molecule has 192 valence electrons. The highest BCUT2D eigenvalue weighted by Crippen LogP contribution is 2.40. The number of rotatable bonds is 9. The van der Waals surface area contributed by atoms with Gasteiger partial charge in [0.25, 0.3) is 5.91 Å². The Labute approximate surface area is 210 Å². The third kappa shape index (κ3) is 6.90. The van der Waals surface area contributed by atoms with Crippen molar-refractivity contribution in [1.82, 2.24) is 0 Å². The van der Waals surface area contributed by atoms with E-state index in [9.17, 15) is 14.9 Å². The van der Waals surface area contributed by atoms with Crippen LogP contribution < -0.4 is 30.0 Å². The van der Waals surface area contributed by atoms with Crippen LogP contribution in [0.4, 0.5) is 5.69 Å². The third-order valence-electron chi connectivity index (χ3n) is 4.83. The van der Waals surface area contributed by atoms with Crippen LogP contribution in [0.25, 0.3) is 11.6 Å². The van der Waals surface area contributed by atoms with Gasteiger partial charge in [0, 0.05) is 0 Å². The van der Waals surface area contributed by atoms with E-state index in [-0.39, 0.29) is 5.69 Å². The fourth-order valence-electron chi connectivity index (χ4n) is 3.18. The number of nitrogens with zero attached hydrogens (tertiary/aromatic N) is 1. The molecule has 0 saturated carbocycles. The van der Waals surface area contributed by atoms with Crippen LogP contribution in [-0.2, 0) is 14.3 Å². The normalized spacial score (nSPS) is 12.1. The second-order valence-electron chi connectivity index (χ2n) is 8.54. The highest BCUT2D eigenvalue weighted by atomic mass is 16.6. The Balaban J connectivity index is 2.43. The molecule has 1 atom stereocenters. The van der Waals surface area contributed by atoms with Gasteiger partial charge < -0.3 is 34.7 Å². The lowest BCUT2D eigenvalue weighted by atomic mass is 10.0. The average Bonchev–Trinajstić information content (AvgIpc) is 2.84. The molecule has 0 aliphatic rings. The van der Waals surface area contributed by atoms with Crippen molar-refractivity contribution < 1.29 is 33.3 Å². The summed E-state index contributed by atoms with van der Waals surface area (Å²) in [4.78, 5) is 24.8. The van der Waals surface area contributed by atoms with E-state index in [2.05, 4.69) is 11.4 Å². The first-order chi connectivity index (χ1) is 17.0. The Kier molecular flexibility index (Phi) is 9.30. The molecule has 2 aromatic rings. The number of ether oxygens (including phenoxy) is 5. The number of allylic oxidation sites excluding steroid dienone is 1. The van der Waals surface area contributed by atoms with Crippen LogP contribution >= 0.6 is 0 Å². The fraction of sp³-hybridized carbons (Fsp3) is 0.346. The third-order valence-corrected chi connectivity index (χ3v) is 4.83. The summed E-state index contributed by atoms with van der Waals surface area (Å²) in [6, 6.07) is 8.84. The van der Waals surface area contributed by atoms with Crippen molar-refractivity contribution in [2.24, 2.45) is 5.73 Å². The van der Waals surface area contributed by atoms with E-state index < -0.39 is 23.5 Å². The molecule has 0 spiro atoms. The predicted octanol–water partition coefficient (Wildman–Crippen LogP) is 3.39. The Morgan fingerprint density at radius 3 is 2.03 bits per heavy atom. The first-order valence-electron chi connectivity index (χ1n) is 10.9. The van der Waals surface area contributed by atoms with Gasteiger partial charge in [0.1, 0.15) is 11.4 Å². The molecule has 36 heavy (non-hydrogen) atoms. The van der Waals surface area contributed by atoms with Crippen molar-refractivity contribution in [3.8, 4) is 29.1 Å². The number of nitrogens with one attached hydrogen (secondary N) is 1. The molecule has 10 nitrogen and oxygen atoms in total. The maximum Gasteiger partial charge on any atom is 0.333 e. The molecular formula is C26H31N3O7. The van der Waals surface area contributed by atoms with E-state index in [1.165, 1.54) is 28.4 Å². The maximum atomic E-state index is 12.6. The smallest absolute Gasteiger partial charge is 0.333 e. The number of nitrogens with two attached hydrogens (primary N) is 1. The van der Waals surface area contributed by atoms with Gasteiger partial charge in [0.2, 0.25) is 5.75 Å².